The van der Waals surface area contributed by atoms with Gasteiger partial charge in [-0.05, 0) is 42.8 Å². The summed E-state index contributed by atoms with van der Waals surface area (Å²) in [7, 11) is 1.33. The van der Waals surface area contributed by atoms with E-state index in [9.17, 15) is 4.79 Å². The highest BCUT2D eigenvalue weighted by atomic mass is 35.5. The van der Waals surface area contributed by atoms with Gasteiger partial charge < -0.3 is 15.4 Å². The molecular weight excluding hydrogens is 352 g/mol. The Bertz CT molecular complexity index is 946. The monoisotopic (exact) mass is 368 g/mol. The number of aromatic nitrogens is 2. The lowest BCUT2D eigenvalue weighted by molar-refractivity contribution is 0.0601. The number of carbonyl (C=O) groups is 1. The van der Waals surface area contributed by atoms with Crippen LogP contribution in [0.3, 0.4) is 0 Å². The fourth-order valence-corrected chi connectivity index (χ4v) is 2.49. The van der Waals surface area contributed by atoms with Gasteiger partial charge in [0.15, 0.2) is 0 Å². The standard InChI is InChI=1S/C19H17ClN4O2/c1-12-5-3-4-6-15(12)23-19-21-10-9-17(24-19)22-16-11-13(18(25)26-2)7-8-14(16)20/h3-11H,1-2H3,(H2,21,22,23,24). The summed E-state index contributed by atoms with van der Waals surface area (Å²) in [4.78, 5) is 20.4. The van der Waals surface area contributed by atoms with Gasteiger partial charge >= 0.3 is 5.97 Å². The minimum absolute atomic E-state index is 0.395. The van der Waals surface area contributed by atoms with E-state index in [1.807, 2.05) is 31.2 Å². The number of carbonyl (C=O) groups excluding carboxylic acids is 1. The first-order valence-corrected chi connectivity index (χ1v) is 8.25. The molecule has 1 aromatic heterocycles. The van der Waals surface area contributed by atoms with Crippen LogP contribution in [0.5, 0.6) is 0 Å². The van der Waals surface area contributed by atoms with Crippen molar-refractivity contribution in [1.29, 1.82) is 0 Å². The Morgan fingerprint density at radius 1 is 1.08 bits per heavy atom. The number of nitrogens with one attached hydrogen (secondary N) is 2. The van der Waals surface area contributed by atoms with Crippen molar-refractivity contribution in [2.24, 2.45) is 0 Å². The SMILES string of the molecule is COC(=O)c1ccc(Cl)c(Nc2ccnc(Nc3ccccc3C)n2)c1. The van der Waals surface area contributed by atoms with Crippen LogP contribution in [0.15, 0.2) is 54.7 Å². The molecular formula is C19H17ClN4O2. The number of benzene rings is 2. The van der Waals surface area contributed by atoms with Crippen molar-refractivity contribution in [3.05, 3.63) is 70.9 Å². The third-order valence-corrected chi connectivity index (χ3v) is 4.03. The number of nitrogens with zero attached hydrogens (tertiary/aromatic N) is 2. The average molecular weight is 369 g/mol. The maximum atomic E-state index is 11.7. The molecule has 0 fully saturated rings. The second-order valence-corrected chi connectivity index (χ2v) is 5.92. The molecule has 132 valence electrons. The van der Waals surface area contributed by atoms with Crippen LogP contribution in [0, 0.1) is 6.92 Å². The van der Waals surface area contributed by atoms with Gasteiger partial charge in [0.25, 0.3) is 0 Å². The van der Waals surface area contributed by atoms with Crippen molar-refractivity contribution in [1.82, 2.24) is 9.97 Å². The molecule has 1 heterocycles. The minimum atomic E-state index is -0.436. The molecule has 0 amide bonds. The minimum Gasteiger partial charge on any atom is -0.465 e. The van der Waals surface area contributed by atoms with Crippen LogP contribution < -0.4 is 10.6 Å². The Hall–Kier alpha value is -3.12. The second kappa shape index (κ2) is 7.84. The summed E-state index contributed by atoms with van der Waals surface area (Å²) in [6, 6.07) is 14.4. The quantitative estimate of drug-likeness (QED) is 0.635. The molecule has 0 aliphatic rings. The summed E-state index contributed by atoms with van der Waals surface area (Å²) in [6.45, 7) is 2.00. The molecule has 0 atom stereocenters. The van der Waals surface area contributed by atoms with Gasteiger partial charge in [0.2, 0.25) is 5.95 Å². The maximum absolute atomic E-state index is 11.7. The molecule has 2 N–H and O–H groups in total. The first-order valence-electron chi connectivity index (χ1n) is 7.87. The first-order chi connectivity index (χ1) is 12.6. The van der Waals surface area contributed by atoms with Crippen LogP contribution in [0.4, 0.5) is 23.1 Å². The van der Waals surface area contributed by atoms with E-state index in [2.05, 4.69) is 20.6 Å². The molecule has 0 unspecified atom stereocenters. The number of halogens is 1. The number of aryl methyl sites for hydroxylation is 1. The molecule has 3 aromatic rings. The number of para-hydroxylation sites is 1. The smallest absolute Gasteiger partial charge is 0.337 e. The first kappa shape index (κ1) is 17.7. The van der Waals surface area contributed by atoms with Gasteiger partial charge in [-0.25, -0.2) is 9.78 Å². The maximum Gasteiger partial charge on any atom is 0.337 e. The van der Waals surface area contributed by atoms with Gasteiger partial charge in [0.05, 0.1) is 23.4 Å². The molecule has 0 bridgehead atoms. The van der Waals surface area contributed by atoms with Crippen LogP contribution in [0.1, 0.15) is 15.9 Å². The number of methoxy groups -OCH3 is 1. The van der Waals surface area contributed by atoms with Crippen molar-refractivity contribution in [2.75, 3.05) is 17.7 Å². The van der Waals surface area contributed by atoms with Crippen molar-refractivity contribution < 1.29 is 9.53 Å². The second-order valence-electron chi connectivity index (χ2n) is 5.52. The molecule has 0 saturated carbocycles. The van der Waals surface area contributed by atoms with Crippen LogP contribution >= 0.6 is 11.6 Å². The van der Waals surface area contributed by atoms with Gasteiger partial charge in [-0.1, -0.05) is 29.8 Å². The largest absolute Gasteiger partial charge is 0.465 e. The van der Waals surface area contributed by atoms with Gasteiger partial charge in [0.1, 0.15) is 5.82 Å². The van der Waals surface area contributed by atoms with Crippen molar-refractivity contribution in [2.45, 2.75) is 6.92 Å². The summed E-state index contributed by atoms with van der Waals surface area (Å²) in [5.41, 5.74) is 2.96. The van der Waals surface area contributed by atoms with Gasteiger partial charge in [-0.3, -0.25) is 0 Å². The Kier molecular flexibility index (Phi) is 5.34. The lowest BCUT2D eigenvalue weighted by atomic mass is 10.2. The Balaban J connectivity index is 1.83. The van der Waals surface area contributed by atoms with Gasteiger partial charge in [0, 0.05) is 11.9 Å². The average Bonchev–Trinajstić information content (AvgIpc) is 2.65. The van der Waals surface area contributed by atoms with E-state index in [1.54, 1.807) is 30.5 Å². The Morgan fingerprint density at radius 3 is 2.65 bits per heavy atom. The third-order valence-electron chi connectivity index (χ3n) is 3.70. The van der Waals surface area contributed by atoms with Crippen molar-refractivity contribution in [3.63, 3.8) is 0 Å². The summed E-state index contributed by atoms with van der Waals surface area (Å²) >= 11 is 6.21. The van der Waals surface area contributed by atoms with E-state index in [-0.39, 0.29) is 0 Å². The topological polar surface area (TPSA) is 76.1 Å². The molecule has 2 aromatic carbocycles. The molecule has 0 aliphatic carbocycles. The van der Waals surface area contributed by atoms with Crippen molar-refractivity contribution >= 4 is 40.7 Å². The molecule has 7 heteroatoms. The summed E-state index contributed by atoms with van der Waals surface area (Å²) < 4.78 is 4.73. The lowest BCUT2D eigenvalue weighted by Crippen LogP contribution is -2.04. The molecule has 0 spiro atoms. The number of ether oxygens (including phenoxy) is 1. The van der Waals surface area contributed by atoms with E-state index in [0.717, 1.165) is 11.3 Å². The van der Waals surface area contributed by atoms with Crippen LogP contribution in [-0.2, 0) is 4.74 Å². The zero-order chi connectivity index (χ0) is 18.5. The fraction of sp³-hybridized carbons (Fsp3) is 0.105. The number of hydrogen-bond donors (Lipinski definition) is 2. The zero-order valence-corrected chi connectivity index (χ0v) is 15.0. The van der Waals surface area contributed by atoms with E-state index < -0.39 is 5.97 Å². The summed E-state index contributed by atoms with van der Waals surface area (Å²) in [5, 5.41) is 6.75. The van der Waals surface area contributed by atoms with Crippen LogP contribution in [-0.4, -0.2) is 23.0 Å². The van der Waals surface area contributed by atoms with E-state index in [4.69, 9.17) is 16.3 Å². The van der Waals surface area contributed by atoms with Crippen LogP contribution in [0.25, 0.3) is 0 Å². The number of rotatable bonds is 5. The number of anilines is 4. The Labute approximate surface area is 156 Å². The van der Waals surface area contributed by atoms with E-state index in [1.165, 1.54) is 7.11 Å². The van der Waals surface area contributed by atoms with Gasteiger partial charge in [-0.15, -0.1) is 0 Å². The lowest BCUT2D eigenvalue weighted by Gasteiger charge is -2.11. The molecule has 26 heavy (non-hydrogen) atoms. The molecule has 6 nitrogen and oxygen atoms in total. The zero-order valence-electron chi connectivity index (χ0n) is 14.3. The number of hydrogen-bond acceptors (Lipinski definition) is 6. The molecule has 3 rings (SSSR count). The summed E-state index contributed by atoms with van der Waals surface area (Å²) in [5.74, 6) is 0.554. The Morgan fingerprint density at radius 2 is 1.88 bits per heavy atom. The molecule has 0 radical (unpaired) electrons. The molecule has 0 aliphatic heterocycles. The third kappa shape index (κ3) is 4.10. The highest BCUT2D eigenvalue weighted by Gasteiger charge is 2.10. The predicted molar refractivity (Wildman–Crippen MR) is 103 cm³/mol. The predicted octanol–water partition coefficient (Wildman–Crippen LogP) is 4.71. The molecule has 0 saturated heterocycles. The summed E-state index contributed by atoms with van der Waals surface area (Å²) in [6.07, 6.45) is 1.63. The van der Waals surface area contributed by atoms with E-state index in [0.29, 0.717) is 28.0 Å². The number of esters is 1. The van der Waals surface area contributed by atoms with Gasteiger partial charge in [-0.2, -0.15) is 4.98 Å². The highest BCUT2D eigenvalue weighted by Crippen LogP contribution is 2.27. The van der Waals surface area contributed by atoms with Crippen LogP contribution in [0.2, 0.25) is 5.02 Å². The van der Waals surface area contributed by atoms with E-state index >= 15 is 0 Å². The highest BCUT2D eigenvalue weighted by molar-refractivity contribution is 6.33. The fourth-order valence-electron chi connectivity index (χ4n) is 2.33. The normalized spacial score (nSPS) is 10.3. The van der Waals surface area contributed by atoms with Crippen molar-refractivity contribution in [3.8, 4) is 0 Å².